The van der Waals surface area contributed by atoms with E-state index in [1.165, 1.54) is 31.4 Å². The van der Waals surface area contributed by atoms with Crippen LogP contribution in [0.3, 0.4) is 0 Å². The molecule has 130 valence electrons. The van der Waals surface area contributed by atoms with Gasteiger partial charge in [0.05, 0.1) is 29.3 Å². The smallest absolute Gasteiger partial charge is 0.337 e. The second-order valence-corrected chi connectivity index (χ2v) is 5.75. The van der Waals surface area contributed by atoms with E-state index in [-0.39, 0.29) is 17.1 Å². The Morgan fingerprint density at radius 1 is 1.00 bits per heavy atom. The number of esters is 1. The summed E-state index contributed by atoms with van der Waals surface area (Å²) >= 11 is 11.6. The molecular formula is C17H14Cl2N2O4. The molecule has 8 heteroatoms. The molecule has 2 N–H and O–H groups in total. The lowest BCUT2D eigenvalue weighted by atomic mass is 10.2. The average Bonchev–Trinajstić information content (AvgIpc) is 2.61. The summed E-state index contributed by atoms with van der Waals surface area (Å²) < 4.78 is 4.61. The molecule has 0 aliphatic carbocycles. The maximum absolute atomic E-state index is 12.0. The number of hydrogen-bond donors (Lipinski definition) is 2. The highest BCUT2D eigenvalue weighted by molar-refractivity contribution is 6.42. The minimum absolute atomic E-state index is 0.248. The Morgan fingerprint density at radius 3 is 2.44 bits per heavy atom. The van der Waals surface area contributed by atoms with E-state index in [2.05, 4.69) is 15.4 Å². The van der Waals surface area contributed by atoms with Crippen molar-refractivity contribution in [2.24, 2.45) is 0 Å². The van der Waals surface area contributed by atoms with Gasteiger partial charge in [-0.05, 0) is 36.4 Å². The molecule has 2 aromatic carbocycles. The summed E-state index contributed by atoms with van der Waals surface area (Å²) in [5.74, 6) is -1.42. The van der Waals surface area contributed by atoms with E-state index in [0.717, 1.165) is 0 Å². The summed E-state index contributed by atoms with van der Waals surface area (Å²) in [6.45, 7) is -0.248. The van der Waals surface area contributed by atoms with E-state index in [9.17, 15) is 14.4 Å². The van der Waals surface area contributed by atoms with Crippen LogP contribution in [0.25, 0.3) is 0 Å². The quantitative estimate of drug-likeness (QED) is 0.780. The van der Waals surface area contributed by atoms with E-state index in [1.54, 1.807) is 18.2 Å². The topological polar surface area (TPSA) is 84.5 Å². The first-order valence-corrected chi connectivity index (χ1v) is 7.88. The van der Waals surface area contributed by atoms with E-state index in [1.807, 2.05) is 0 Å². The third-order valence-corrected chi connectivity index (χ3v) is 3.90. The first kappa shape index (κ1) is 18.8. The second-order valence-electron chi connectivity index (χ2n) is 4.93. The molecule has 0 aliphatic heterocycles. The number of benzene rings is 2. The summed E-state index contributed by atoms with van der Waals surface area (Å²) in [6, 6.07) is 10.7. The second kappa shape index (κ2) is 8.50. The molecule has 0 aromatic heterocycles. The number of halogens is 2. The van der Waals surface area contributed by atoms with Crippen LogP contribution in [0.1, 0.15) is 20.7 Å². The van der Waals surface area contributed by atoms with Gasteiger partial charge in [0.1, 0.15) is 0 Å². The predicted octanol–water partition coefficient (Wildman–Crippen LogP) is 3.15. The molecule has 0 atom stereocenters. The summed E-state index contributed by atoms with van der Waals surface area (Å²) in [6.07, 6.45) is 0. The third-order valence-electron chi connectivity index (χ3n) is 3.16. The molecule has 0 heterocycles. The van der Waals surface area contributed by atoms with E-state index < -0.39 is 17.8 Å². The molecular weight excluding hydrogens is 367 g/mol. The normalized spacial score (nSPS) is 10.0. The Hall–Kier alpha value is -2.57. The highest BCUT2D eigenvalue weighted by Gasteiger charge is 2.11. The van der Waals surface area contributed by atoms with Crippen molar-refractivity contribution >= 4 is 46.7 Å². The molecule has 0 saturated heterocycles. The van der Waals surface area contributed by atoms with E-state index >= 15 is 0 Å². The maximum Gasteiger partial charge on any atom is 0.337 e. The number of hydrogen-bond acceptors (Lipinski definition) is 4. The van der Waals surface area contributed by atoms with Crippen LogP contribution >= 0.6 is 23.2 Å². The lowest BCUT2D eigenvalue weighted by Crippen LogP contribution is -2.32. The van der Waals surface area contributed by atoms with Gasteiger partial charge in [0.25, 0.3) is 5.91 Å². The number of rotatable bonds is 5. The highest BCUT2D eigenvalue weighted by Crippen LogP contribution is 2.22. The molecule has 0 spiro atoms. The summed E-state index contributed by atoms with van der Waals surface area (Å²) in [7, 11) is 1.27. The minimum atomic E-state index is -0.510. The minimum Gasteiger partial charge on any atom is -0.465 e. The molecule has 2 aromatic rings. The lowest BCUT2D eigenvalue weighted by molar-refractivity contribution is -0.115. The third kappa shape index (κ3) is 5.20. The number of carbonyl (C=O) groups is 3. The van der Waals surface area contributed by atoms with Crippen LogP contribution in [-0.2, 0) is 9.53 Å². The zero-order chi connectivity index (χ0) is 18.4. The Morgan fingerprint density at radius 2 is 1.76 bits per heavy atom. The van der Waals surface area contributed by atoms with Crippen molar-refractivity contribution in [1.29, 1.82) is 0 Å². The van der Waals surface area contributed by atoms with Gasteiger partial charge in [0, 0.05) is 11.3 Å². The molecule has 0 bridgehead atoms. The number of anilines is 1. The summed E-state index contributed by atoms with van der Waals surface area (Å²) in [4.78, 5) is 35.4. The molecule has 0 saturated carbocycles. The van der Waals surface area contributed by atoms with Crippen molar-refractivity contribution in [3.63, 3.8) is 0 Å². The van der Waals surface area contributed by atoms with Crippen molar-refractivity contribution in [3.05, 3.63) is 63.6 Å². The Labute approximate surface area is 154 Å². The molecule has 0 fully saturated rings. The monoisotopic (exact) mass is 380 g/mol. The van der Waals surface area contributed by atoms with Crippen LogP contribution in [0.4, 0.5) is 5.69 Å². The summed E-state index contributed by atoms with van der Waals surface area (Å²) in [5.41, 5.74) is 1.01. The van der Waals surface area contributed by atoms with Crippen LogP contribution < -0.4 is 10.6 Å². The molecule has 2 amide bonds. The van der Waals surface area contributed by atoms with Gasteiger partial charge < -0.3 is 15.4 Å². The molecule has 25 heavy (non-hydrogen) atoms. The summed E-state index contributed by atoms with van der Waals surface area (Å²) in [5, 5.41) is 5.63. The largest absolute Gasteiger partial charge is 0.465 e. The molecule has 2 rings (SSSR count). The fraction of sp³-hybridized carbons (Fsp3) is 0.118. The number of ether oxygens (including phenoxy) is 1. The maximum atomic E-state index is 12.0. The van der Waals surface area contributed by atoms with Gasteiger partial charge in [-0.1, -0.05) is 29.3 Å². The Kier molecular flexibility index (Phi) is 6.38. The van der Waals surface area contributed by atoms with Crippen molar-refractivity contribution in [1.82, 2.24) is 5.32 Å². The lowest BCUT2D eigenvalue weighted by Gasteiger charge is -2.08. The van der Waals surface area contributed by atoms with E-state index in [4.69, 9.17) is 23.2 Å². The Balaban J connectivity index is 1.93. The number of carbonyl (C=O) groups excluding carboxylic acids is 3. The van der Waals surface area contributed by atoms with Gasteiger partial charge in [-0.3, -0.25) is 9.59 Å². The fourth-order valence-electron chi connectivity index (χ4n) is 1.95. The molecule has 0 radical (unpaired) electrons. The van der Waals surface area contributed by atoms with Crippen molar-refractivity contribution < 1.29 is 19.1 Å². The predicted molar refractivity (Wildman–Crippen MR) is 95.2 cm³/mol. The number of methoxy groups -OCH3 is 1. The van der Waals surface area contributed by atoms with Crippen LogP contribution in [0.5, 0.6) is 0 Å². The van der Waals surface area contributed by atoms with Crippen molar-refractivity contribution in [3.8, 4) is 0 Å². The first-order chi connectivity index (χ1) is 11.9. The van der Waals surface area contributed by atoms with Gasteiger partial charge in [0.2, 0.25) is 5.91 Å². The van der Waals surface area contributed by atoms with Crippen molar-refractivity contribution in [2.75, 3.05) is 19.0 Å². The van der Waals surface area contributed by atoms with Gasteiger partial charge in [-0.2, -0.15) is 0 Å². The van der Waals surface area contributed by atoms with Gasteiger partial charge in [-0.25, -0.2) is 4.79 Å². The zero-order valence-electron chi connectivity index (χ0n) is 13.1. The standard InChI is InChI=1S/C17H14Cl2N2O4/c1-25-17(24)11-3-2-4-12(7-11)21-15(22)9-20-16(23)10-5-6-13(18)14(19)8-10/h2-8H,9H2,1H3,(H,20,23)(H,21,22). The number of nitrogens with one attached hydrogen (secondary N) is 2. The van der Waals surface area contributed by atoms with Crippen LogP contribution in [0, 0.1) is 0 Å². The highest BCUT2D eigenvalue weighted by atomic mass is 35.5. The average molecular weight is 381 g/mol. The first-order valence-electron chi connectivity index (χ1n) is 7.12. The molecule has 0 aliphatic rings. The Bertz CT molecular complexity index is 824. The van der Waals surface area contributed by atoms with E-state index in [0.29, 0.717) is 16.3 Å². The van der Waals surface area contributed by atoms with Crippen LogP contribution in [0.2, 0.25) is 10.0 Å². The SMILES string of the molecule is COC(=O)c1cccc(NC(=O)CNC(=O)c2ccc(Cl)c(Cl)c2)c1. The van der Waals surface area contributed by atoms with Crippen LogP contribution in [0.15, 0.2) is 42.5 Å². The molecule has 0 unspecified atom stereocenters. The fourth-order valence-corrected chi connectivity index (χ4v) is 2.25. The zero-order valence-corrected chi connectivity index (χ0v) is 14.6. The van der Waals surface area contributed by atoms with Crippen LogP contribution in [-0.4, -0.2) is 31.4 Å². The van der Waals surface area contributed by atoms with Gasteiger partial charge in [-0.15, -0.1) is 0 Å². The van der Waals surface area contributed by atoms with Gasteiger partial charge in [0.15, 0.2) is 0 Å². The number of amides is 2. The molecule has 6 nitrogen and oxygen atoms in total. The van der Waals surface area contributed by atoms with Gasteiger partial charge >= 0.3 is 5.97 Å². The van der Waals surface area contributed by atoms with Crippen molar-refractivity contribution in [2.45, 2.75) is 0 Å².